The van der Waals surface area contributed by atoms with Gasteiger partial charge in [-0.1, -0.05) is 38.6 Å². The van der Waals surface area contributed by atoms with Crippen LogP contribution in [0, 0.1) is 5.41 Å². The second kappa shape index (κ2) is 4.65. The molecule has 4 heteroatoms. The van der Waals surface area contributed by atoms with E-state index in [4.69, 9.17) is 4.74 Å². The van der Waals surface area contributed by atoms with E-state index in [-0.39, 0.29) is 16.8 Å². The summed E-state index contributed by atoms with van der Waals surface area (Å²) in [6.07, 6.45) is 1.03. The summed E-state index contributed by atoms with van der Waals surface area (Å²) in [5.41, 5.74) is 0.465. The molecule has 98 valence electrons. The molecule has 17 heavy (non-hydrogen) atoms. The lowest BCUT2D eigenvalue weighted by molar-refractivity contribution is -0.150. The van der Waals surface area contributed by atoms with Crippen LogP contribution in [0.4, 0.5) is 0 Å². The van der Waals surface area contributed by atoms with E-state index in [1.54, 1.807) is 6.92 Å². The molecule has 0 aliphatic carbocycles. The van der Waals surface area contributed by atoms with Gasteiger partial charge in [0.2, 0.25) is 0 Å². The third kappa shape index (κ3) is 2.68. The van der Waals surface area contributed by atoms with Crippen molar-refractivity contribution in [1.82, 2.24) is 0 Å². The number of hydrogen-bond acceptors (Lipinski definition) is 4. The predicted octanol–water partition coefficient (Wildman–Crippen LogP) is 2.73. The van der Waals surface area contributed by atoms with Crippen LogP contribution in [0.15, 0.2) is 11.6 Å². The van der Waals surface area contributed by atoms with Crippen LogP contribution in [-0.4, -0.2) is 27.4 Å². The molecule has 0 aromatic heterocycles. The number of rotatable bonds is 2. The van der Waals surface area contributed by atoms with Gasteiger partial charge in [0, 0.05) is 5.41 Å². The molecule has 0 bridgehead atoms. The Morgan fingerprint density at radius 2 is 2.12 bits per heavy atom. The Hall–Kier alpha value is -0.480. The molecule has 1 aliphatic rings. The summed E-state index contributed by atoms with van der Waals surface area (Å²) in [5, 5.41) is 10.2. The molecule has 1 N–H and O–H groups in total. The van der Waals surface area contributed by atoms with Crippen molar-refractivity contribution in [3.63, 3.8) is 0 Å². The van der Waals surface area contributed by atoms with Gasteiger partial charge in [0.25, 0.3) is 0 Å². The molecule has 3 nitrogen and oxygen atoms in total. The number of hydrogen-bond donors (Lipinski definition) is 1. The third-order valence-electron chi connectivity index (χ3n) is 3.09. The second-order valence-electron chi connectivity index (χ2n) is 5.76. The van der Waals surface area contributed by atoms with Crippen LogP contribution < -0.4 is 0 Å². The Kier molecular flexibility index (Phi) is 3.99. The van der Waals surface area contributed by atoms with Crippen molar-refractivity contribution in [2.75, 3.05) is 0 Å². The first-order valence-corrected chi connectivity index (χ1v) is 6.70. The van der Waals surface area contributed by atoms with Gasteiger partial charge in [-0.15, -0.1) is 0 Å². The molecule has 0 saturated carbocycles. The van der Waals surface area contributed by atoms with E-state index in [1.807, 2.05) is 40.7 Å². The summed E-state index contributed by atoms with van der Waals surface area (Å²) in [7, 11) is 0. The van der Waals surface area contributed by atoms with Crippen LogP contribution >= 0.6 is 11.8 Å². The number of aliphatic hydroxyl groups is 1. The predicted molar refractivity (Wildman–Crippen MR) is 70.8 cm³/mol. The normalized spacial score (nSPS) is 32.5. The molecule has 0 aromatic carbocycles. The van der Waals surface area contributed by atoms with E-state index in [1.165, 1.54) is 11.8 Å². The van der Waals surface area contributed by atoms with Crippen molar-refractivity contribution in [2.45, 2.75) is 57.8 Å². The summed E-state index contributed by atoms with van der Waals surface area (Å²) in [6.45, 7) is 11.5. The van der Waals surface area contributed by atoms with Gasteiger partial charge < -0.3 is 9.84 Å². The summed E-state index contributed by atoms with van der Waals surface area (Å²) in [4.78, 5) is 12.0. The SMILES string of the molecule is C/C=C(\C)C(O)[C@@]1(C)S[C@H](C(C)(C)C)OC1=O. The Morgan fingerprint density at radius 3 is 2.47 bits per heavy atom. The molecule has 0 amide bonds. The summed E-state index contributed by atoms with van der Waals surface area (Å²) in [5.74, 6) is -0.323. The van der Waals surface area contributed by atoms with Gasteiger partial charge in [-0.2, -0.15) is 0 Å². The van der Waals surface area contributed by atoms with Gasteiger partial charge >= 0.3 is 5.97 Å². The lowest BCUT2D eigenvalue weighted by Gasteiger charge is -2.28. The van der Waals surface area contributed by atoms with Crippen molar-refractivity contribution in [2.24, 2.45) is 5.41 Å². The van der Waals surface area contributed by atoms with Crippen LogP contribution in [0.1, 0.15) is 41.5 Å². The van der Waals surface area contributed by atoms with Gasteiger partial charge in [-0.25, -0.2) is 0 Å². The van der Waals surface area contributed by atoms with Gasteiger partial charge in [0.1, 0.15) is 4.75 Å². The van der Waals surface area contributed by atoms with Crippen LogP contribution in [0.3, 0.4) is 0 Å². The number of thioether (sulfide) groups is 1. The molecule has 1 rings (SSSR count). The van der Waals surface area contributed by atoms with E-state index < -0.39 is 10.9 Å². The molecule has 1 fully saturated rings. The minimum atomic E-state index is -0.894. The maximum absolute atomic E-state index is 12.0. The average molecular weight is 258 g/mol. The standard InChI is InChI=1S/C13H22O3S/c1-7-8(2)9(14)13(6)10(15)16-11(17-13)12(3,4)5/h7,9,11,14H,1-6H3/b8-7+/t9?,11-,13-/m1/s1. The van der Waals surface area contributed by atoms with Crippen molar-refractivity contribution in [3.05, 3.63) is 11.6 Å². The minimum Gasteiger partial charge on any atom is -0.450 e. The van der Waals surface area contributed by atoms with Gasteiger partial charge in [-0.3, -0.25) is 4.79 Å². The highest BCUT2D eigenvalue weighted by atomic mass is 32.2. The van der Waals surface area contributed by atoms with Gasteiger partial charge in [0.05, 0.1) is 6.10 Å². The van der Waals surface area contributed by atoms with Crippen LogP contribution in [0.2, 0.25) is 0 Å². The summed E-state index contributed by atoms with van der Waals surface area (Å²) < 4.78 is 4.50. The van der Waals surface area contributed by atoms with Crippen LogP contribution in [0.5, 0.6) is 0 Å². The smallest absolute Gasteiger partial charge is 0.326 e. The molecule has 0 radical (unpaired) electrons. The Balaban J connectivity index is 2.96. The zero-order valence-electron chi connectivity index (χ0n) is 11.4. The van der Waals surface area contributed by atoms with E-state index in [0.717, 1.165) is 5.57 Å². The highest BCUT2D eigenvalue weighted by Crippen LogP contribution is 2.48. The number of carbonyl (C=O) groups excluding carboxylic acids is 1. The van der Waals surface area contributed by atoms with Crippen molar-refractivity contribution >= 4 is 17.7 Å². The first-order valence-electron chi connectivity index (χ1n) is 5.82. The number of allylic oxidation sites excluding steroid dienone is 1. The highest BCUT2D eigenvalue weighted by Gasteiger charge is 2.54. The molecule has 0 aromatic rings. The van der Waals surface area contributed by atoms with Crippen LogP contribution in [0.25, 0.3) is 0 Å². The number of aliphatic hydroxyl groups excluding tert-OH is 1. The van der Waals surface area contributed by atoms with Gasteiger partial charge in [0.15, 0.2) is 5.44 Å². The maximum Gasteiger partial charge on any atom is 0.326 e. The van der Waals surface area contributed by atoms with Crippen molar-refractivity contribution < 1.29 is 14.6 Å². The van der Waals surface area contributed by atoms with Gasteiger partial charge in [-0.05, 0) is 26.3 Å². The quantitative estimate of drug-likeness (QED) is 0.611. The Labute approximate surface area is 108 Å². The maximum atomic E-state index is 12.0. The molecular formula is C13H22O3S. The molecule has 1 heterocycles. The fraction of sp³-hybridized carbons (Fsp3) is 0.769. The third-order valence-corrected chi connectivity index (χ3v) is 4.98. The van der Waals surface area contributed by atoms with Crippen LogP contribution in [-0.2, 0) is 9.53 Å². The molecule has 3 atom stereocenters. The first-order chi connectivity index (χ1) is 7.63. The van der Waals surface area contributed by atoms with E-state index in [2.05, 4.69) is 0 Å². The number of carbonyl (C=O) groups is 1. The minimum absolute atomic E-state index is 0.123. The fourth-order valence-electron chi connectivity index (χ4n) is 1.63. The highest BCUT2D eigenvalue weighted by molar-refractivity contribution is 8.02. The molecule has 1 unspecified atom stereocenters. The van der Waals surface area contributed by atoms with Crippen molar-refractivity contribution in [1.29, 1.82) is 0 Å². The second-order valence-corrected chi connectivity index (χ2v) is 7.28. The summed E-state index contributed by atoms with van der Waals surface area (Å²) >= 11 is 1.42. The molecule has 0 spiro atoms. The molecule has 1 saturated heterocycles. The first kappa shape index (κ1) is 14.6. The lowest BCUT2D eigenvalue weighted by atomic mass is 9.97. The Morgan fingerprint density at radius 1 is 1.59 bits per heavy atom. The van der Waals surface area contributed by atoms with E-state index in [0.29, 0.717) is 0 Å². The topological polar surface area (TPSA) is 46.5 Å². The number of esters is 1. The van der Waals surface area contributed by atoms with E-state index >= 15 is 0 Å². The Bertz CT molecular complexity index is 343. The number of cyclic esters (lactones) is 1. The monoisotopic (exact) mass is 258 g/mol. The van der Waals surface area contributed by atoms with E-state index in [9.17, 15) is 9.90 Å². The fourth-order valence-corrected chi connectivity index (χ4v) is 3.02. The summed E-state index contributed by atoms with van der Waals surface area (Å²) in [6, 6.07) is 0. The van der Waals surface area contributed by atoms with Crippen molar-refractivity contribution in [3.8, 4) is 0 Å². The molecule has 1 aliphatic heterocycles. The zero-order valence-corrected chi connectivity index (χ0v) is 12.2. The largest absolute Gasteiger partial charge is 0.450 e. The molecular weight excluding hydrogens is 236 g/mol. The number of ether oxygens (including phenoxy) is 1. The average Bonchev–Trinajstić information content (AvgIpc) is 2.54. The lowest BCUT2D eigenvalue weighted by Crippen LogP contribution is -2.41. The zero-order chi connectivity index (χ0) is 13.4.